The fraction of sp³-hybridized carbons (Fsp3) is 0.474. The minimum Gasteiger partial charge on any atom is -0.0737 e. The molecule has 0 spiro atoms. The second-order valence-electron chi connectivity index (χ2n) is 6.93. The van der Waals surface area contributed by atoms with Gasteiger partial charge in [0.1, 0.15) is 8.07 Å². The SMILES string of the molecule is CC1=CC(C)([Si]2(c3ccccc3)CCCC2)C(C)=C1C. The topological polar surface area (TPSA) is 0 Å². The summed E-state index contributed by atoms with van der Waals surface area (Å²) >= 11 is 0. The zero-order chi connectivity index (χ0) is 14.4. The largest absolute Gasteiger partial charge is 0.101 e. The number of allylic oxidation sites excluding steroid dienone is 4. The van der Waals surface area contributed by atoms with Gasteiger partial charge in [-0.25, -0.2) is 0 Å². The van der Waals surface area contributed by atoms with Crippen molar-refractivity contribution >= 4 is 13.3 Å². The maximum absolute atomic E-state index is 2.61. The van der Waals surface area contributed by atoms with Crippen LogP contribution >= 0.6 is 0 Å². The summed E-state index contributed by atoms with van der Waals surface area (Å²) in [5.41, 5.74) is 4.70. The van der Waals surface area contributed by atoms with Gasteiger partial charge >= 0.3 is 0 Å². The standard InChI is InChI=1S/C19H26Si/c1-15-14-19(4,17(3)16(15)2)20(12-8-9-13-20)18-10-6-5-7-11-18/h5-7,10-11,14H,8-9,12-13H2,1-4H3. The molecule has 1 aromatic carbocycles. The Balaban J connectivity index is 2.19. The predicted molar refractivity (Wildman–Crippen MR) is 91.2 cm³/mol. The molecule has 106 valence electrons. The second kappa shape index (κ2) is 4.73. The Bertz CT molecular complexity index is 573. The van der Waals surface area contributed by atoms with Crippen LogP contribution in [0.25, 0.3) is 0 Å². The molecule has 1 aliphatic heterocycles. The number of hydrogen-bond acceptors (Lipinski definition) is 0. The van der Waals surface area contributed by atoms with Crippen LogP contribution in [0.3, 0.4) is 0 Å². The molecule has 1 heteroatoms. The van der Waals surface area contributed by atoms with Gasteiger partial charge in [-0.1, -0.05) is 84.6 Å². The number of rotatable bonds is 2. The van der Waals surface area contributed by atoms with E-state index < -0.39 is 8.07 Å². The van der Waals surface area contributed by atoms with Gasteiger partial charge in [0.25, 0.3) is 0 Å². The van der Waals surface area contributed by atoms with Crippen molar-refractivity contribution in [3.05, 3.63) is 53.1 Å². The molecule has 1 aromatic rings. The summed E-state index contributed by atoms with van der Waals surface area (Å²) < 4.78 is 0. The van der Waals surface area contributed by atoms with Crippen molar-refractivity contribution < 1.29 is 0 Å². The van der Waals surface area contributed by atoms with Gasteiger partial charge in [-0.15, -0.1) is 0 Å². The number of benzene rings is 1. The van der Waals surface area contributed by atoms with Gasteiger partial charge in [-0.05, 0) is 26.3 Å². The molecule has 3 rings (SSSR count). The summed E-state index contributed by atoms with van der Waals surface area (Å²) in [4.78, 5) is 0. The molecule has 20 heavy (non-hydrogen) atoms. The van der Waals surface area contributed by atoms with Gasteiger partial charge in [-0.2, -0.15) is 0 Å². The highest BCUT2D eigenvalue weighted by Gasteiger charge is 2.54. The maximum Gasteiger partial charge on any atom is 0.101 e. The molecule has 0 N–H and O–H groups in total. The van der Waals surface area contributed by atoms with E-state index >= 15 is 0 Å². The van der Waals surface area contributed by atoms with E-state index in [0.717, 1.165) is 0 Å². The molecular formula is C19H26Si. The van der Waals surface area contributed by atoms with E-state index in [1.165, 1.54) is 30.5 Å². The molecule has 2 aliphatic rings. The Kier molecular flexibility index (Phi) is 3.28. The Hall–Kier alpha value is -1.08. The summed E-state index contributed by atoms with van der Waals surface area (Å²) in [6.45, 7) is 9.53. The van der Waals surface area contributed by atoms with Crippen LogP contribution in [0.1, 0.15) is 40.5 Å². The lowest BCUT2D eigenvalue weighted by atomic mass is 10.0. The van der Waals surface area contributed by atoms with E-state index in [1.807, 2.05) is 0 Å². The number of hydrogen-bond donors (Lipinski definition) is 0. The van der Waals surface area contributed by atoms with Gasteiger partial charge in [0.2, 0.25) is 0 Å². The van der Waals surface area contributed by atoms with Crippen LogP contribution in [-0.4, -0.2) is 8.07 Å². The summed E-state index contributed by atoms with van der Waals surface area (Å²) in [5, 5.41) is 2.01. The molecule has 1 unspecified atom stereocenters. The predicted octanol–water partition coefficient (Wildman–Crippen LogP) is 5.19. The lowest BCUT2D eigenvalue weighted by molar-refractivity contribution is 0.847. The van der Waals surface area contributed by atoms with Gasteiger partial charge in [-0.3, -0.25) is 0 Å². The van der Waals surface area contributed by atoms with E-state index in [9.17, 15) is 0 Å². The molecule has 0 radical (unpaired) electrons. The van der Waals surface area contributed by atoms with Crippen LogP contribution in [0, 0.1) is 0 Å². The molecule has 1 saturated heterocycles. The van der Waals surface area contributed by atoms with E-state index in [0.29, 0.717) is 5.04 Å². The van der Waals surface area contributed by atoms with Gasteiger partial charge in [0, 0.05) is 5.04 Å². The minimum absolute atomic E-state index is 0.332. The quantitative estimate of drug-likeness (QED) is 0.655. The third-order valence-corrected chi connectivity index (χ3v) is 12.6. The first-order chi connectivity index (χ1) is 9.51. The highest BCUT2D eigenvalue weighted by atomic mass is 28.3. The molecular weight excluding hydrogens is 256 g/mol. The Morgan fingerprint density at radius 1 is 0.950 bits per heavy atom. The first-order valence-corrected chi connectivity index (χ1v) is 10.4. The third-order valence-electron chi connectivity index (χ3n) is 6.22. The molecule has 0 saturated carbocycles. The highest BCUT2D eigenvalue weighted by molar-refractivity contribution is 6.95. The van der Waals surface area contributed by atoms with Crippen LogP contribution in [-0.2, 0) is 0 Å². The van der Waals surface area contributed by atoms with E-state index in [4.69, 9.17) is 0 Å². The van der Waals surface area contributed by atoms with Crippen LogP contribution in [0.15, 0.2) is 53.1 Å². The first kappa shape index (κ1) is 13.9. The van der Waals surface area contributed by atoms with Crippen LogP contribution in [0.2, 0.25) is 17.1 Å². The van der Waals surface area contributed by atoms with Crippen molar-refractivity contribution in [2.45, 2.75) is 57.7 Å². The monoisotopic (exact) mass is 282 g/mol. The van der Waals surface area contributed by atoms with Gasteiger partial charge in [0.15, 0.2) is 0 Å². The van der Waals surface area contributed by atoms with E-state index in [2.05, 4.69) is 64.1 Å². The molecule has 1 aliphatic carbocycles. The average molecular weight is 283 g/mol. The second-order valence-corrected chi connectivity index (χ2v) is 11.7. The molecule has 1 heterocycles. The maximum atomic E-state index is 2.61. The summed E-state index contributed by atoms with van der Waals surface area (Å²) in [7, 11) is -1.48. The zero-order valence-corrected chi connectivity index (χ0v) is 14.3. The fourth-order valence-corrected chi connectivity index (χ4v) is 11.1. The summed E-state index contributed by atoms with van der Waals surface area (Å²) in [5.74, 6) is 0. The molecule has 1 atom stereocenters. The molecule has 0 nitrogen and oxygen atoms in total. The van der Waals surface area contributed by atoms with Crippen molar-refractivity contribution in [2.24, 2.45) is 0 Å². The Morgan fingerprint density at radius 3 is 2.05 bits per heavy atom. The first-order valence-electron chi connectivity index (χ1n) is 7.95. The lowest BCUT2D eigenvalue weighted by Crippen LogP contribution is -2.54. The van der Waals surface area contributed by atoms with Gasteiger partial charge in [0.05, 0.1) is 0 Å². The van der Waals surface area contributed by atoms with Crippen molar-refractivity contribution in [3.63, 3.8) is 0 Å². The Morgan fingerprint density at radius 2 is 1.55 bits per heavy atom. The molecule has 0 amide bonds. The van der Waals surface area contributed by atoms with E-state index in [1.54, 1.807) is 16.3 Å². The van der Waals surface area contributed by atoms with Crippen molar-refractivity contribution in [1.82, 2.24) is 0 Å². The Labute approximate surface area is 124 Å². The van der Waals surface area contributed by atoms with Crippen molar-refractivity contribution in [2.75, 3.05) is 0 Å². The zero-order valence-electron chi connectivity index (χ0n) is 13.3. The van der Waals surface area contributed by atoms with E-state index in [-0.39, 0.29) is 0 Å². The molecule has 0 bridgehead atoms. The fourth-order valence-electron chi connectivity index (χ4n) is 4.68. The van der Waals surface area contributed by atoms with Crippen molar-refractivity contribution in [3.8, 4) is 0 Å². The third kappa shape index (κ3) is 1.72. The van der Waals surface area contributed by atoms with Crippen molar-refractivity contribution in [1.29, 1.82) is 0 Å². The van der Waals surface area contributed by atoms with Gasteiger partial charge < -0.3 is 0 Å². The van der Waals surface area contributed by atoms with Crippen LogP contribution in [0.4, 0.5) is 0 Å². The summed E-state index contributed by atoms with van der Waals surface area (Å²) in [6, 6.07) is 14.4. The minimum atomic E-state index is -1.48. The van der Waals surface area contributed by atoms with Crippen LogP contribution < -0.4 is 5.19 Å². The normalized spacial score (nSPS) is 28.9. The van der Waals surface area contributed by atoms with Crippen LogP contribution in [0.5, 0.6) is 0 Å². The lowest BCUT2D eigenvalue weighted by Gasteiger charge is -2.43. The average Bonchev–Trinajstić information content (AvgIpc) is 3.03. The smallest absolute Gasteiger partial charge is 0.0737 e. The molecule has 0 aromatic heterocycles. The molecule has 1 fully saturated rings. The highest BCUT2D eigenvalue weighted by Crippen LogP contribution is 2.58. The summed E-state index contributed by atoms with van der Waals surface area (Å²) in [6.07, 6.45) is 5.47.